The summed E-state index contributed by atoms with van der Waals surface area (Å²) >= 11 is 0. The third kappa shape index (κ3) is 3.61. The molecule has 4 nitrogen and oxygen atoms in total. The molecule has 0 aliphatic heterocycles. The van der Waals surface area contributed by atoms with Crippen LogP contribution in [-0.2, 0) is 4.79 Å². The number of nitrogens with one attached hydrogen (secondary N) is 1. The van der Waals surface area contributed by atoms with E-state index >= 15 is 0 Å². The molecule has 4 heteroatoms. The lowest BCUT2D eigenvalue weighted by atomic mass is 10.1. The first-order valence-corrected chi connectivity index (χ1v) is 3.10. The van der Waals surface area contributed by atoms with Crippen LogP contribution in [-0.4, -0.2) is 34.9 Å². The summed E-state index contributed by atoms with van der Waals surface area (Å²) in [5.41, 5.74) is -1.74. The Hall–Kier alpha value is -1.05. The summed E-state index contributed by atoms with van der Waals surface area (Å²) in [6.07, 6.45) is 4.89. The molecular weight excluding hydrogens is 146 g/mol. The fourth-order valence-corrected chi connectivity index (χ4v) is 0.454. The maximum Gasteiger partial charge on any atom is 0.336 e. The Balaban J connectivity index is 3.75. The summed E-state index contributed by atoms with van der Waals surface area (Å²) in [5.74, 6) is 1.00. The molecule has 0 rings (SSSR count). The van der Waals surface area contributed by atoms with Crippen LogP contribution in [0, 0.1) is 12.3 Å². The van der Waals surface area contributed by atoms with Gasteiger partial charge in [0.15, 0.2) is 5.60 Å². The van der Waals surface area contributed by atoms with Gasteiger partial charge in [0.1, 0.15) is 0 Å². The van der Waals surface area contributed by atoms with Gasteiger partial charge in [-0.05, 0) is 6.92 Å². The zero-order chi connectivity index (χ0) is 8.91. The van der Waals surface area contributed by atoms with Gasteiger partial charge < -0.3 is 15.5 Å². The Morgan fingerprint density at radius 3 is 2.73 bits per heavy atom. The van der Waals surface area contributed by atoms with Gasteiger partial charge in [-0.2, -0.15) is 0 Å². The quantitative estimate of drug-likeness (QED) is 0.363. The predicted octanol–water partition coefficient (Wildman–Crippen LogP) is -0.955. The van der Waals surface area contributed by atoms with Crippen LogP contribution in [0.1, 0.15) is 6.92 Å². The van der Waals surface area contributed by atoms with Crippen LogP contribution in [0.25, 0.3) is 0 Å². The van der Waals surface area contributed by atoms with E-state index < -0.39 is 11.6 Å². The summed E-state index contributed by atoms with van der Waals surface area (Å²) in [6.45, 7) is 1.41. The van der Waals surface area contributed by atoms with Crippen molar-refractivity contribution in [1.82, 2.24) is 5.32 Å². The zero-order valence-corrected chi connectivity index (χ0v) is 6.29. The van der Waals surface area contributed by atoms with Gasteiger partial charge >= 0.3 is 5.97 Å². The highest BCUT2D eigenvalue weighted by molar-refractivity contribution is 5.76. The third-order valence-electron chi connectivity index (χ3n) is 1.16. The number of carboxylic acids is 1. The number of aliphatic hydroxyl groups is 1. The summed E-state index contributed by atoms with van der Waals surface area (Å²) in [5, 5.41) is 20.1. The summed E-state index contributed by atoms with van der Waals surface area (Å²) in [7, 11) is 0. The first-order valence-electron chi connectivity index (χ1n) is 3.10. The number of rotatable bonds is 4. The lowest BCUT2D eigenvalue weighted by molar-refractivity contribution is -0.155. The van der Waals surface area contributed by atoms with E-state index in [9.17, 15) is 4.79 Å². The van der Waals surface area contributed by atoms with E-state index in [1.165, 1.54) is 6.92 Å². The van der Waals surface area contributed by atoms with Crippen molar-refractivity contribution in [2.24, 2.45) is 0 Å². The molecule has 1 unspecified atom stereocenters. The minimum atomic E-state index is -1.74. The summed E-state index contributed by atoms with van der Waals surface area (Å²) in [6, 6.07) is 0. The largest absolute Gasteiger partial charge is 0.479 e. The highest BCUT2D eigenvalue weighted by atomic mass is 16.4. The van der Waals surface area contributed by atoms with Crippen LogP contribution < -0.4 is 5.32 Å². The molecule has 0 aromatic carbocycles. The topological polar surface area (TPSA) is 69.6 Å². The van der Waals surface area contributed by atoms with Gasteiger partial charge in [-0.15, -0.1) is 6.42 Å². The third-order valence-corrected chi connectivity index (χ3v) is 1.16. The van der Waals surface area contributed by atoms with Gasteiger partial charge in [0.2, 0.25) is 0 Å². The molecule has 0 saturated heterocycles. The molecule has 0 heterocycles. The van der Waals surface area contributed by atoms with Gasteiger partial charge in [0, 0.05) is 6.54 Å². The molecule has 0 aliphatic carbocycles. The van der Waals surface area contributed by atoms with Crippen molar-refractivity contribution in [3.05, 3.63) is 0 Å². The van der Waals surface area contributed by atoms with Crippen molar-refractivity contribution in [2.75, 3.05) is 13.1 Å². The van der Waals surface area contributed by atoms with E-state index in [4.69, 9.17) is 16.6 Å². The second-order valence-corrected chi connectivity index (χ2v) is 2.39. The Morgan fingerprint density at radius 1 is 1.82 bits per heavy atom. The molecule has 0 aromatic heterocycles. The maximum atomic E-state index is 10.3. The molecule has 0 saturated carbocycles. The van der Waals surface area contributed by atoms with Crippen molar-refractivity contribution in [3.8, 4) is 12.3 Å². The van der Waals surface area contributed by atoms with E-state index in [0.717, 1.165) is 0 Å². The molecular formula is C7H11NO3. The predicted molar refractivity (Wildman–Crippen MR) is 40.0 cm³/mol. The number of hydrogen-bond donors (Lipinski definition) is 3. The molecule has 0 aromatic rings. The standard InChI is InChI=1S/C7H11NO3/c1-3-4-8-5-7(2,11)6(9)10/h1,8,11H,4-5H2,2H3,(H,9,10). The molecule has 1 atom stereocenters. The summed E-state index contributed by atoms with van der Waals surface area (Å²) < 4.78 is 0. The second kappa shape index (κ2) is 3.96. The van der Waals surface area contributed by atoms with Gasteiger partial charge in [-0.25, -0.2) is 4.79 Å². The van der Waals surface area contributed by atoms with Crippen LogP contribution >= 0.6 is 0 Å². The Bertz CT molecular complexity index is 181. The van der Waals surface area contributed by atoms with Gasteiger partial charge in [-0.1, -0.05) is 5.92 Å². The average Bonchev–Trinajstić information content (AvgIpc) is 1.88. The first-order chi connectivity index (χ1) is 5.00. The SMILES string of the molecule is C#CCNCC(C)(O)C(=O)O. The highest BCUT2D eigenvalue weighted by Gasteiger charge is 2.28. The number of aliphatic carboxylic acids is 1. The molecule has 62 valence electrons. The van der Waals surface area contributed by atoms with Crippen molar-refractivity contribution in [2.45, 2.75) is 12.5 Å². The molecule has 0 spiro atoms. The van der Waals surface area contributed by atoms with Crippen molar-refractivity contribution < 1.29 is 15.0 Å². The molecule has 0 fully saturated rings. The van der Waals surface area contributed by atoms with Gasteiger partial charge in [0.05, 0.1) is 6.54 Å². The van der Waals surface area contributed by atoms with E-state index in [0.29, 0.717) is 0 Å². The second-order valence-electron chi connectivity index (χ2n) is 2.39. The molecule has 0 bridgehead atoms. The van der Waals surface area contributed by atoms with Crippen LogP contribution in [0.15, 0.2) is 0 Å². The van der Waals surface area contributed by atoms with Crippen molar-refractivity contribution in [1.29, 1.82) is 0 Å². The molecule has 0 radical (unpaired) electrons. The highest BCUT2D eigenvalue weighted by Crippen LogP contribution is 1.99. The zero-order valence-electron chi connectivity index (χ0n) is 6.29. The molecule has 3 N–H and O–H groups in total. The molecule has 0 aliphatic rings. The van der Waals surface area contributed by atoms with Crippen LogP contribution in [0.4, 0.5) is 0 Å². The fourth-order valence-electron chi connectivity index (χ4n) is 0.454. The maximum absolute atomic E-state index is 10.3. The number of carbonyl (C=O) groups is 1. The molecule has 0 amide bonds. The number of terminal acetylenes is 1. The normalized spacial score (nSPS) is 15.0. The summed E-state index contributed by atoms with van der Waals surface area (Å²) in [4.78, 5) is 10.3. The van der Waals surface area contributed by atoms with Gasteiger partial charge in [0.25, 0.3) is 0 Å². The van der Waals surface area contributed by atoms with Crippen LogP contribution in [0.5, 0.6) is 0 Å². The lowest BCUT2D eigenvalue weighted by Crippen LogP contribution is -2.44. The monoisotopic (exact) mass is 157 g/mol. The van der Waals surface area contributed by atoms with Gasteiger partial charge in [-0.3, -0.25) is 0 Å². The lowest BCUT2D eigenvalue weighted by Gasteiger charge is -2.17. The first kappa shape index (κ1) is 9.95. The van der Waals surface area contributed by atoms with Crippen molar-refractivity contribution >= 4 is 5.97 Å². The van der Waals surface area contributed by atoms with Crippen LogP contribution in [0.2, 0.25) is 0 Å². The Morgan fingerprint density at radius 2 is 2.36 bits per heavy atom. The van der Waals surface area contributed by atoms with Crippen molar-refractivity contribution in [3.63, 3.8) is 0 Å². The number of carboxylic acid groups (broad SMARTS) is 1. The Labute approximate surface area is 65.2 Å². The Kier molecular flexibility index (Phi) is 3.58. The van der Waals surface area contributed by atoms with E-state index in [1.54, 1.807) is 0 Å². The smallest absolute Gasteiger partial charge is 0.336 e. The van der Waals surface area contributed by atoms with E-state index in [2.05, 4.69) is 11.2 Å². The fraction of sp³-hybridized carbons (Fsp3) is 0.571. The molecule has 11 heavy (non-hydrogen) atoms. The average molecular weight is 157 g/mol. The minimum Gasteiger partial charge on any atom is -0.479 e. The van der Waals surface area contributed by atoms with E-state index in [-0.39, 0.29) is 13.1 Å². The number of hydrogen-bond acceptors (Lipinski definition) is 3. The van der Waals surface area contributed by atoms with Crippen LogP contribution in [0.3, 0.4) is 0 Å². The minimum absolute atomic E-state index is 0.0491. The van der Waals surface area contributed by atoms with E-state index in [1.807, 2.05) is 0 Å².